The molecule has 0 atom stereocenters. The summed E-state index contributed by atoms with van der Waals surface area (Å²) in [5.74, 6) is 0.300. The van der Waals surface area contributed by atoms with Gasteiger partial charge in [-0.2, -0.15) is 0 Å². The van der Waals surface area contributed by atoms with Gasteiger partial charge in [-0.25, -0.2) is 9.37 Å². The minimum absolute atomic E-state index is 0.251. The smallest absolute Gasteiger partial charge is 0.226 e. The average Bonchev–Trinajstić information content (AvgIpc) is 2.97. The largest absolute Gasteiger partial charge is 0.444 e. The van der Waals surface area contributed by atoms with Gasteiger partial charge in [0.25, 0.3) is 0 Å². The molecule has 1 aromatic heterocycles. The van der Waals surface area contributed by atoms with Gasteiger partial charge >= 0.3 is 0 Å². The van der Waals surface area contributed by atoms with Crippen LogP contribution in [0.3, 0.4) is 0 Å². The third-order valence-electron chi connectivity index (χ3n) is 4.17. The monoisotopic (exact) mass is 303 g/mol. The van der Waals surface area contributed by atoms with Gasteiger partial charge in [-0.1, -0.05) is 0 Å². The Kier molecular flexibility index (Phi) is 4.55. The van der Waals surface area contributed by atoms with E-state index in [2.05, 4.69) is 28.6 Å². The highest BCUT2D eigenvalue weighted by Crippen LogP contribution is 2.20. The average molecular weight is 303 g/mol. The number of rotatable bonds is 4. The summed E-state index contributed by atoms with van der Waals surface area (Å²) in [6, 6.07) is 6.83. The molecule has 2 aromatic rings. The van der Waals surface area contributed by atoms with E-state index in [1.54, 1.807) is 18.4 Å². The van der Waals surface area contributed by atoms with Gasteiger partial charge in [0.2, 0.25) is 5.89 Å². The fourth-order valence-electron chi connectivity index (χ4n) is 2.77. The van der Waals surface area contributed by atoms with Crippen LogP contribution in [0.25, 0.3) is 11.5 Å². The summed E-state index contributed by atoms with van der Waals surface area (Å²) in [7, 11) is 0. The van der Waals surface area contributed by atoms with E-state index in [9.17, 15) is 4.39 Å². The molecule has 5 heteroatoms. The Morgan fingerprint density at radius 3 is 2.45 bits per heavy atom. The van der Waals surface area contributed by atoms with Crippen LogP contribution in [0.15, 0.2) is 34.9 Å². The second kappa shape index (κ2) is 6.58. The maximum absolute atomic E-state index is 12.9. The third-order valence-corrected chi connectivity index (χ3v) is 4.17. The standard InChI is InChI=1S/C17H22FN3O/c1-13(2)21-9-7-20(8-10-21)11-16-12-22-17(19-16)14-3-5-15(18)6-4-14/h3-6,12-13H,7-11H2,1-2H3. The predicted molar refractivity (Wildman–Crippen MR) is 83.9 cm³/mol. The number of hydrogen-bond acceptors (Lipinski definition) is 4. The Balaban J connectivity index is 1.59. The zero-order valence-electron chi connectivity index (χ0n) is 13.1. The van der Waals surface area contributed by atoms with Crippen molar-refractivity contribution in [2.24, 2.45) is 0 Å². The van der Waals surface area contributed by atoms with Gasteiger partial charge in [-0.3, -0.25) is 9.80 Å². The molecule has 0 aliphatic carbocycles. The Bertz CT molecular complexity index is 601. The van der Waals surface area contributed by atoms with Crippen molar-refractivity contribution in [3.63, 3.8) is 0 Å². The predicted octanol–water partition coefficient (Wildman–Crippen LogP) is 3.01. The Morgan fingerprint density at radius 2 is 1.82 bits per heavy atom. The second-order valence-electron chi connectivity index (χ2n) is 6.06. The van der Waals surface area contributed by atoms with Crippen molar-refractivity contribution in [3.05, 3.63) is 42.0 Å². The molecule has 0 bridgehead atoms. The van der Waals surface area contributed by atoms with Gasteiger partial charge in [0.1, 0.15) is 12.1 Å². The summed E-state index contributed by atoms with van der Waals surface area (Å²) in [4.78, 5) is 9.40. The molecule has 1 saturated heterocycles. The molecule has 3 rings (SSSR count). The first kappa shape index (κ1) is 15.2. The number of piperazine rings is 1. The summed E-state index contributed by atoms with van der Waals surface area (Å²) < 4.78 is 18.5. The van der Waals surface area contributed by atoms with Crippen LogP contribution < -0.4 is 0 Å². The minimum atomic E-state index is -0.251. The van der Waals surface area contributed by atoms with Crippen molar-refractivity contribution >= 4 is 0 Å². The summed E-state index contributed by atoms with van der Waals surface area (Å²) >= 11 is 0. The van der Waals surface area contributed by atoms with E-state index in [1.165, 1.54) is 12.1 Å². The molecule has 2 heterocycles. The maximum atomic E-state index is 12.9. The first-order chi connectivity index (χ1) is 10.6. The van der Waals surface area contributed by atoms with Crippen LogP contribution in [-0.4, -0.2) is 47.0 Å². The molecule has 1 aliphatic heterocycles. The number of nitrogens with zero attached hydrogens (tertiary/aromatic N) is 3. The number of aromatic nitrogens is 1. The van der Waals surface area contributed by atoms with Gasteiger partial charge in [0.15, 0.2) is 0 Å². The zero-order chi connectivity index (χ0) is 15.5. The summed E-state index contributed by atoms with van der Waals surface area (Å²) in [6.45, 7) is 9.58. The molecular weight excluding hydrogens is 281 g/mol. The number of hydrogen-bond donors (Lipinski definition) is 0. The van der Waals surface area contributed by atoms with Crippen LogP contribution in [0.4, 0.5) is 4.39 Å². The van der Waals surface area contributed by atoms with Gasteiger partial charge in [0.05, 0.1) is 5.69 Å². The summed E-state index contributed by atoms with van der Waals surface area (Å²) in [5.41, 5.74) is 1.73. The van der Waals surface area contributed by atoms with Crippen LogP contribution in [-0.2, 0) is 6.54 Å². The van der Waals surface area contributed by atoms with Crippen molar-refractivity contribution in [2.45, 2.75) is 26.4 Å². The first-order valence-electron chi connectivity index (χ1n) is 7.78. The highest BCUT2D eigenvalue weighted by atomic mass is 19.1. The van der Waals surface area contributed by atoms with Gasteiger partial charge in [-0.15, -0.1) is 0 Å². The summed E-state index contributed by atoms with van der Waals surface area (Å²) in [6.07, 6.45) is 1.70. The van der Waals surface area contributed by atoms with Crippen LogP contribution in [0, 0.1) is 5.82 Å². The molecular formula is C17H22FN3O. The Hall–Kier alpha value is -1.72. The maximum Gasteiger partial charge on any atom is 0.226 e. The van der Waals surface area contributed by atoms with Crippen molar-refractivity contribution in [1.29, 1.82) is 0 Å². The fourth-order valence-corrected chi connectivity index (χ4v) is 2.77. The Morgan fingerprint density at radius 1 is 1.14 bits per heavy atom. The molecule has 4 nitrogen and oxygen atoms in total. The number of benzene rings is 1. The third kappa shape index (κ3) is 3.54. The zero-order valence-corrected chi connectivity index (χ0v) is 13.1. The van der Waals surface area contributed by atoms with E-state index in [4.69, 9.17) is 4.42 Å². The van der Waals surface area contributed by atoms with Crippen molar-refractivity contribution < 1.29 is 8.81 Å². The lowest BCUT2D eigenvalue weighted by Gasteiger charge is -2.36. The SMILES string of the molecule is CC(C)N1CCN(Cc2coc(-c3ccc(F)cc3)n2)CC1. The number of halogens is 1. The molecule has 22 heavy (non-hydrogen) atoms. The molecule has 0 unspecified atom stereocenters. The summed E-state index contributed by atoms with van der Waals surface area (Å²) in [5, 5.41) is 0. The van der Waals surface area contributed by atoms with Crippen LogP contribution in [0.2, 0.25) is 0 Å². The van der Waals surface area contributed by atoms with E-state index >= 15 is 0 Å². The molecule has 1 aromatic carbocycles. The molecule has 1 fully saturated rings. The molecule has 118 valence electrons. The van der Waals surface area contributed by atoms with Crippen molar-refractivity contribution in [3.8, 4) is 11.5 Å². The van der Waals surface area contributed by atoms with Crippen molar-refractivity contribution in [2.75, 3.05) is 26.2 Å². The first-order valence-corrected chi connectivity index (χ1v) is 7.78. The van der Waals surface area contributed by atoms with Crippen LogP contribution >= 0.6 is 0 Å². The lowest BCUT2D eigenvalue weighted by Crippen LogP contribution is -2.48. The Labute approximate surface area is 130 Å². The second-order valence-corrected chi connectivity index (χ2v) is 6.06. The minimum Gasteiger partial charge on any atom is -0.444 e. The lowest BCUT2D eigenvalue weighted by atomic mass is 10.2. The quantitative estimate of drug-likeness (QED) is 0.869. The van der Waals surface area contributed by atoms with Crippen LogP contribution in [0.5, 0.6) is 0 Å². The molecule has 0 radical (unpaired) electrons. The van der Waals surface area contributed by atoms with E-state index in [1.807, 2.05) is 0 Å². The van der Waals surface area contributed by atoms with Crippen molar-refractivity contribution in [1.82, 2.24) is 14.8 Å². The highest BCUT2D eigenvalue weighted by molar-refractivity contribution is 5.52. The molecule has 0 N–H and O–H groups in total. The van der Waals surface area contributed by atoms with Gasteiger partial charge in [-0.05, 0) is 38.1 Å². The fraction of sp³-hybridized carbons (Fsp3) is 0.471. The van der Waals surface area contributed by atoms with E-state index in [-0.39, 0.29) is 5.82 Å². The normalized spacial score (nSPS) is 17.3. The molecule has 0 spiro atoms. The van der Waals surface area contributed by atoms with E-state index in [0.29, 0.717) is 11.9 Å². The van der Waals surface area contributed by atoms with E-state index < -0.39 is 0 Å². The van der Waals surface area contributed by atoms with Gasteiger partial charge in [0, 0.05) is 44.3 Å². The topological polar surface area (TPSA) is 32.5 Å². The van der Waals surface area contributed by atoms with Crippen LogP contribution in [0.1, 0.15) is 19.5 Å². The van der Waals surface area contributed by atoms with E-state index in [0.717, 1.165) is 44.0 Å². The number of oxazole rings is 1. The molecule has 0 saturated carbocycles. The molecule has 1 aliphatic rings. The van der Waals surface area contributed by atoms with Gasteiger partial charge < -0.3 is 4.42 Å². The molecule has 0 amide bonds. The highest BCUT2D eigenvalue weighted by Gasteiger charge is 2.19. The lowest BCUT2D eigenvalue weighted by molar-refractivity contribution is 0.103.